The van der Waals surface area contributed by atoms with E-state index >= 15 is 0 Å². The predicted octanol–water partition coefficient (Wildman–Crippen LogP) is 6.47. The topological polar surface area (TPSA) is 49.9 Å². The van der Waals surface area contributed by atoms with E-state index in [0.29, 0.717) is 12.1 Å². The second-order valence-corrected chi connectivity index (χ2v) is 12.7. The maximum atomic E-state index is 13.9. The molecular weight excluding hydrogens is 480 g/mol. The van der Waals surface area contributed by atoms with Crippen LogP contribution in [-0.2, 0) is 16.6 Å². The van der Waals surface area contributed by atoms with E-state index in [2.05, 4.69) is 32.2 Å². The molecule has 0 saturated heterocycles. The van der Waals surface area contributed by atoms with Crippen LogP contribution in [0.15, 0.2) is 60.0 Å². The molecular formula is C31H38N2O3S. The van der Waals surface area contributed by atoms with E-state index < -0.39 is 5.54 Å². The average Bonchev–Trinajstić information content (AvgIpc) is 3.34. The fraction of sp³-hybridized carbons (Fsp3) is 0.419. The van der Waals surface area contributed by atoms with Crippen LogP contribution in [0.5, 0.6) is 5.75 Å². The van der Waals surface area contributed by atoms with Crippen LogP contribution in [0, 0.1) is 0 Å². The third kappa shape index (κ3) is 5.74. The van der Waals surface area contributed by atoms with Crippen LogP contribution in [0.1, 0.15) is 79.5 Å². The molecule has 2 heterocycles. The first-order valence-corrected chi connectivity index (χ1v) is 13.7. The van der Waals surface area contributed by atoms with Crippen molar-refractivity contribution < 1.29 is 14.3 Å². The Kier molecular flexibility index (Phi) is 7.52. The zero-order valence-electron chi connectivity index (χ0n) is 23.0. The Balaban J connectivity index is 1.62. The highest BCUT2D eigenvalue weighted by Gasteiger charge is 2.36. The van der Waals surface area contributed by atoms with Crippen LogP contribution in [-0.4, -0.2) is 47.4 Å². The van der Waals surface area contributed by atoms with Crippen LogP contribution in [0.3, 0.4) is 0 Å². The molecule has 0 spiro atoms. The molecule has 1 aromatic heterocycles. The van der Waals surface area contributed by atoms with Gasteiger partial charge < -0.3 is 14.5 Å². The maximum Gasteiger partial charge on any atom is 0.254 e. The molecule has 6 heteroatoms. The zero-order chi connectivity index (χ0) is 27.0. The Morgan fingerprint density at radius 3 is 2.19 bits per heavy atom. The number of hydrogen-bond acceptors (Lipinski definition) is 4. The Morgan fingerprint density at radius 1 is 0.973 bits per heavy atom. The van der Waals surface area contributed by atoms with Gasteiger partial charge in [0.25, 0.3) is 5.91 Å². The van der Waals surface area contributed by atoms with Gasteiger partial charge >= 0.3 is 0 Å². The number of rotatable bonds is 5. The van der Waals surface area contributed by atoms with E-state index in [1.165, 1.54) is 16.0 Å². The van der Waals surface area contributed by atoms with Crippen LogP contribution in [0.25, 0.3) is 0 Å². The molecule has 1 atom stereocenters. The lowest BCUT2D eigenvalue weighted by atomic mass is 9.86. The number of methoxy groups -OCH3 is 1. The van der Waals surface area contributed by atoms with Gasteiger partial charge in [-0.05, 0) is 85.0 Å². The van der Waals surface area contributed by atoms with Gasteiger partial charge in [0.2, 0.25) is 5.91 Å². The first-order chi connectivity index (χ1) is 17.4. The predicted molar refractivity (Wildman–Crippen MR) is 151 cm³/mol. The Labute approximate surface area is 225 Å². The number of amides is 2. The normalized spacial score (nSPS) is 15.8. The van der Waals surface area contributed by atoms with Crippen molar-refractivity contribution in [2.75, 3.05) is 20.2 Å². The molecule has 1 aliphatic rings. The number of carbonyl (C=O) groups is 2. The molecule has 0 unspecified atom stereocenters. The molecule has 196 valence electrons. The highest BCUT2D eigenvalue weighted by Crippen LogP contribution is 2.38. The third-order valence-electron chi connectivity index (χ3n) is 7.06. The number of nitrogens with zero attached hydrogens (tertiary/aromatic N) is 2. The maximum absolute atomic E-state index is 13.9. The molecule has 4 rings (SSSR count). The van der Waals surface area contributed by atoms with Crippen molar-refractivity contribution in [3.05, 3.63) is 87.1 Å². The van der Waals surface area contributed by atoms with E-state index in [9.17, 15) is 9.59 Å². The molecule has 2 aromatic carbocycles. The molecule has 0 radical (unpaired) electrons. The largest absolute Gasteiger partial charge is 0.497 e. The van der Waals surface area contributed by atoms with Gasteiger partial charge in [-0.2, -0.15) is 0 Å². The highest BCUT2D eigenvalue weighted by molar-refractivity contribution is 7.10. The fourth-order valence-corrected chi connectivity index (χ4v) is 5.74. The fourth-order valence-electron chi connectivity index (χ4n) is 4.84. The van der Waals surface area contributed by atoms with Crippen LogP contribution >= 0.6 is 11.3 Å². The van der Waals surface area contributed by atoms with Gasteiger partial charge in [0.1, 0.15) is 12.3 Å². The summed E-state index contributed by atoms with van der Waals surface area (Å²) in [4.78, 5) is 32.6. The summed E-state index contributed by atoms with van der Waals surface area (Å²) in [5.74, 6) is 0.604. The molecule has 0 N–H and O–H groups in total. The summed E-state index contributed by atoms with van der Waals surface area (Å²) in [6, 6.07) is 17.6. The van der Waals surface area contributed by atoms with Crippen molar-refractivity contribution in [2.45, 2.75) is 65.0 Å². The van der Waals surface area contributed by atoms with Gasteiger partial charge in [-0.15, -0.1) is 11.3 Å². The summed E-state index contributed by atoms with van der Waals surface area (Å²) >= 11 is 1.74. The third-order valence-corrected chi connectivity index (χ3v) is 8.06. The number of fused-ring (bicyclic) bond motifs is 1. The molecule has 37 heavy (non-hydrogen) atoms. The molecule has 5 nitrogen and oxygen atoms in total. The van der Waals surface area contributed by atoms with E-state index in [4.69, 9.17) is 4.74 Å². The number of carbonyl (C=O) groups excluding carboxylic acids is 2. The standard InChI is InChI=1S/C31H38N2O3S/c1-30(2,3)23-12-8-22(9-13-23)29(35)33(31(4,5)6)20-27(34)32-18-16-26-25(17-19-37-26)28(32)21-10-14-24(36-7)15-11-21/h8-15,17,19,28H,16,18,20H2,1-7H3/t28-/m1/s1. The summed E-state index contributed by atoms with van der Waals surface area (Å²) < 4.78 is 5.35. The minimum absolute atomic E-state index is 0.00645. The van der Waals surface area contributed by atoms with E-state index in [1.807, 2.05) is 74.2 Å². The first kappa shape index (κ1) is 26.9. The highest BCUT2D eigenvalue weighted by atomic mass is 32.1. The van der Waals surface area contributed by atoms with Crippen molar-refractivity contribution in [2.24, 2.45) is 0 Å². The lowest BCUT2D eigenvalue weighted by Crippen LogP contribution is -2.52. The van der Waals surface area contributed by atoms with Gasteiger partial charge in [0.05, 0.1) is 13.2 Å². The number of hydrogen-bond donors (Lipinski definition) is 0. The molecule has 0 fully saturated rings. The molecule has 1 aliphatic heterocycles. The van der Waals surface area contributed by atoms with Gasteiger partial charge in [0.15, 0.2) is 0 Å². The second-order valence-electron chi connectivity index (χ2n) is 11.7. The molecule has 0 bridgehead atoms. The van der Waals surface area contributed by atoms with E-state index in [-0.39, 0.29) is 29.8 Å². The number of benzene rings is 2. The molecule has 0 aliphatic carbocycles. The molecule has 2 amide bonds. The van der Waals surface area contributed by atoms with Gasteiger partial charge in [-0.3, -0.25) is 9.59 Å². The summed E-state index contributed by atoms with van der Waals surface area (Å²) in [7, 11) is 1.65. The Bertz CT molecular complexity index is 1250. The lowest BCUT2D eigenvalue weighted by Gasteiger charge is -2.40. The average molecular weight is 519 g/mol. The molecule has 0 saturated carbocycles. The second kappa shape index (κ2) is 10.3. The van der Waals surface area contributed by atoms with Crippen LogP contribution in [0.2, 0.25) is 0 Å². The summed E-state index contributed by atoms with van der Waals surface area (Å²) in [6.45, 7) is 13.1. The van der Waals surface area contributed by atoms with Gasteiger partial charge in [0, 0.05) is 22.5 Å². The lowest BCUT2D eigenvalue weighted by molar-refractivity contribution is -0.135. The minimum atomic E-state index is -0.519. The van der Waals surface area contributed by atoms with Gasteiger partial charge in [-0.25, -0.2) is 0 Å². The summed E-state index contributed by atoms with van der Waals surface area (Å²) in [5, 5.41) is 2.10. The molecule has 3 aromatic rings. The number of thiophene rings is 1. The summed E-state index contributed by atoms with van der Waals surface area (Å²) in [5.41, 5.74) is 3.47. The van der Waals surface area contributed by atoms with Crippen molar-refractivity contribution in [1.82, 2.24) is 9.80 Å². The SMILES string of the molecule is COc1ccc([C@@H]2c3ccsc3CCN2C(=O)CN(C(=O)c2ccc(C(C)(C)C)cc2)C(C)(C)C)cc1. The number of ether oxygens (including phenoxy) is 1. The first-order valence-electron chi connectivity index (χ1n) is 12.8. The summed E-state index contributed by atoms with van der Waals surface area (Å²) in [6.07, 6.45) is 0.823. The van der Waals surface area contributed by atoms with Crippen molar-refractivity contribution in [3.63, 3.8) is 0 Å². The van der Waals surface area contributed by atoms with Crippen LogP contribution in [0.4, 0.5) is 0 Å². The monoisotopic (exact) mass is 518 g/mol. The van der Waals surface area contributed by atoms with E-state index in [1.54, 1.807) is 23.3 Å². The van der Waals surface area contributed by atoms with E-state index in [0.717, 1.165) is 17.7 Å². The minimum Gasteiger partial charge on any atom is -0.497 e. The zero-order valence-corrected chi connectivity index (χ0v) is 23.8. The smallest absolute Gasteiger partial charge is 0.254 e. The van der Waals surface area contributed by atoms with Crippen molar-refractivity contribution in [3.8, 4) is 5.75 Å². The quantitative estimate of drug-likeness (QED) is 0.389. The van der Waals surface area contributed by atoms with Gasteiger partial charge in [-0.1, -0.05) is 45.0 Å². The Hall–Kier alpha value is -3.12. The van der Waals surface area contributed by atoms with Crippen LogP contribution < -0.4 is 4.74 Å². The van der Waals surface area contributed by atoms with Crippen molar-refractivity contribution in [1.29, 1.82) is 0 Å². The Morgan fingerprint density at radius 2 is 1.62 bits per heavy atom. The van der Waals surface area contributed by atoms with Crippen molar-refractivity contribution >= 4 is 23.2 Å².